The van der Waals surface area contributed by atoms with E-state index in [2.05, 4.69) is 5.32 Å². The van der Waals surface area contributed by atoms with Crippen molar-refractivity contribution in [3.05, 3.63) is 53.6 Å². The third-order valence-electron chi connectivity index (χ3n) is 6.96. The Morgan fingerprint density at radius 2 is 1.97 bits per heavy atom. The molecule has 0 spiro atoms. The lowest BCUT2D eigenvalue weighted by molar-refractivity contribution is -0.732. The van der Waals surface area contributed by atoms with E-state index in [9.17, 15) is 14.0 Å². The molecule has 1 N–H and O–H groups in total. The molecule has 2 amide bonds. The van der Waals surface area contributed by atoms with Crippen LogP contribution in [0.5, 0.6) is 0 Å². The molecule has 6 rings (SSSR count). The van der Waals surface area contributed by atoms with Gasteiger partial charge in [-0.1, -0.05) is 9.61 Å². The molecule has 0 saturated carbocycles. The number of halogens is 1. The summed E-state index contributed by atoms with van der Waals surface area (Å²) in [4.78, 5) is 27.9. The van der Waals surface area contributed by atoms with Gasteiger partial charge in [0.1, 0.15) is 11.5 Å². The first-order valence-corrected chi connectivity index (χ1v) is 10.9. The number of fused-ring (bicyclic) bond motifs is 5. The number of hydrogen-bond donors (Lipinski definition) is 1. The highest BCUT2D eigenvalue weighted by Gasteiger charge is 2.60. The van der Waals surface area contributed by atoms with Gasteiger partial charge in [-0.2, -0.15) is 4.57 Å². The predicted octanol–water partition coefficient (Wildman–Crippen LogP) is 1.58. The highest BCUT2D eigenvalue weighted by molar-refractivity contribution is 5.99. The number of carbonyl (C=O) groups excluding carboxylic acids is 2. The summed E-state index contributed by atoms with van der Waals surface area (Å²) in [6.45, 7) is 4.00. The van der Waals surface area contributed by atoms with Crippen LogP contribution in [0.1, 0.15) is 41.7 Å². The number of nitrogens with zero attached hydrogens (tertiary/aromatic N) is 4. The minimum atomic E-state index is -1.14. The fourth-order valence-corrected chi connectivity index (χ4v) is 5.26. The molecule has 1 unspecified atom stereocenters. The number of amides is 2. The second-order valence-corrected chi connectivity index (χ2v) is 8.73. The second kappa shape index (κ2) is 6.83. The molecule has 164 valence electrons. The van der Waals surface area contributed by atoms with Crippen molar-refractivity contribution >= 4 is 17.5 Å². The van der Waals surface area contributed by atoms with Crippen LogP contribution in [0.15, 0.2) is 36.5 Å². The van der Waals surface area contributed by atoms with Crippen LogP contribution in [0.3, 0.4) is 0 Å². The Kier molecular flexibility index (Phi) is 4.13. The fourth-order valence-electron chi connectivity index (χ4n) is 5.26. The zero-order chi connectivity index (χ0) is 22.0. The number of nitrogens with one attached hydrogen (secondary N) is 1. The van der Waals surface area contributed by atoms with Gasteiger partial charge < -0.3 is 10.1 Å². The Hall–Kier alpha value is -3.33. The van der Waals surface area contributed by atoms with Crippen molar-refractivity contribution < 1.29 is 23.3 Å². The minimum absolute atomic E-state index is 0.172. The van der Waals surface area contributed by atoms with Crippen LogP contribution in [0, 0.1) is 5.82 Å². The molecule has 1 aromatic carbocycles. The van der Waals surface area contributed by atoms with Gasteiger partial charge in [0.25, 0.3) is 11.6 Å². The molecule has 8 nitrogen and oxygen atoms in total. The van der Waals surface area contributed by atoms with Crippen LogP contribution >= 0.6 is 0 Å². The van der Waals surface area contributed by atoms with Crippen molar-refractivity contribution in [2.24, 2.45) is 0 Å². The first kappa shape index (κ1) is 19.4. The van der Waals surface area contributed by atoms with Gasteiger partial charge in [-0.15, -0.1) is 0 Å². The van der Waals surface area contributed by atoms with E-state index in [-0.39, 0.29) is 23.5 Å². The smallest absolute Gasteiger partial charge is 0.313 e. The van der Waals surface area contributed by atoms with Crippen molar-refractivity contribution in [1.82, 2.24) is 19.8 Å². The first-order chi connectivity index (χ1) is 15.5. The van der Waals surface area contributed by atoms with Crippen LogP contribution in [0.25, 0.3) is 16.9 Å². The zero-order valence-electron chi connectivity index (χ0n) is 17.7. The maximum absolute atomic E-state index is 13.5. The number of rotatable bonds is 2. The van der Waals surface area contributed by atoms with Gasteiger partial charge >= 0.3 is 11.6 Å². The van der Waals surface area contributed by atoms with Crippen molar-refractivity contribution in [2.75, 3.05) is 26.3 Å². The lowest BCUT2D eigenvalue weighted by Gasteiger charge is -2.35. The Balaban J connectivity index is 1.63. The monoisotopic (exact) mass is 436 g/mol. The van der Waals surface area contributed by atoms with Gasteiger partial charge in [-0.3, -0.25) is 14.5 Å². The SMILES string of the molecule is CC12C(=O)NCCN1C(=O)c1cn3nc(-c4ccc(F)cc4)cc(C4CCOCC4)c3[n+]12. The molecular formula is C23H23FN5O3+. The van der Waals surface area contributed by atoms with Gasteiger partial charge in [0.05, 0.1) is 0 Å². The largest absolute Gasteiger partial charge is 0.381 e. The predicted molar refractivity (Wildman–Crippen MR) is 111 cm³/mol. The molecule has 2 aromatic heterocycles. The van der Waals surface area contributed by atoms with Gasteiger partial charge in [-0.05, 0) is 49.1 Å². The van der Waals surface area contributed by atoms with Crippen LogP contribution < -0.4 is 9.88 Å². The third-order valence-corrected chi connectivity index (χ3v) is 6.96. The Morgan fingerprint density at radius 1 is 1.22 bits per heavy atom. The number of hydrogen-bond acceptors (Lipinski definition) is 4. The molecule has 2 saturated heterocycles. The molecular weight excluding hydrogens is 413 g/mol. The summed E-state index contributed by atoms with van der Waals surface area (Å²) in [5, 5.41) is 7.67. The lowest BCUT2D eigenvalue weighted by Crippen LogP contribution is -2.71. The molecule has 0 aliphatic carbocycles. The van der Waals surface area contributed by atoms with E-state index >= 15 is 0 Å². The van der Waals surface area contributed by atoms with E-state index in [1.807, 2.05) is 10.6 Å². The molecule has 3 aliphatic rings. The molecule has 3 aromatic rings. The molecule has 32 heavy (non-hydrogen) atoms. The van der Waals surface area contributed by atoms with Crippen LogP contribution in [-0.2, 0) is 15.2 Å². The lowest BCUT2D eigenvalue weighted by atomic mass is 9.91. The Bertz CT molecular complexity index is 1260. The first-order valence-electron chi connectivity index (χ1n) is 10.9. The molecule has 0 bridgehead atoms. The van der Waals surface area contributed by atoms with Crippen LogP contribution in [0.2, 0.25) is 0 Å². The van der Waals surface area contributed by atoms with E-state index in [0.717, 1.165) is 29.6 Å². The van der Waals surface area contributed by atoms with E-state index < -0.39 is 5.66 Å². The number of benzene rings is 1. The van der Waals surface area contributed by atoms with Crippen molar-refractivity contribution in [3.63, 3.8) is 0 Å². The Morgan fingerprint density at radius 3 is 2.72 bits per heavy atom. The molecule has 9 heteroatoms. The van der Waals surface area contributed by atoms with E-state index in [1.54, 1.807) is 34.7 Å². The summed E-state index contributed by atoms with van der Waals surface area (Å²) in [5.41, 5.74) is 2.54. The van der Waals surface area contributed by atoms with Gasteiger partial charge in [0.2, 0.25) is 5.69 Å². The molecule has 0 radical (unpaired) electrons. The summed E-state index contributed by atoms with van der Waals surface area (Å²) in [6, 6.07) is 8.24. The summed E-state index contributed by atoms with van der Waals surface area (Å²) in [5.74, 6) is -0.486. The minimum Gasteiger partial charge on any atom is -0.381 e. The molecule has 2 fully saturated rings. The number of ether oxygens (including phenoxy) is 1. The third kappa shape index (κ3) is 2.57. The van der Waals surface area contributed by atoms with Crippen molar-refractivity contribution in [2.45, 2.75) is 31.3 Å². The van der Waals surface area contributed by atoms with Crippen molar-refractivity contribution in [1.29, 1.82) is 0 Å². The van der Waals surface area contributed by atoms with Gasteiger partial charge in [0.15, 0.2) is 6.20 Å². The highest BCUT2D eigenvalue weighted by atomic mass is 19.1. The molecule has 3 aliphatic heterocycles. The van der Waals surface area contributed by atoms with E-state index in [1.165, 1.54) is 12.1 Å². The number of imidazole rings is 1. The van der Waals surface area contributed by atoms with E-state index in [4.69, 9.17) is 9.84 Å². The quantitative estimate of drug-likeness (QED) is 0.619. The van der Waals surface area contributed by atoms with Crippen LogP contribution in [-0.4, -0.2) is 52.6 Å². The van der Waals surface area contributed by atoms with Crippen LogP contribution in [0.4, 0.5) is 4.39 Å². The Labute approximate surface area is 183 Å². The average Bonchev–Trinajstić information content (AvgIpc) is 3.30. The highest BCUT2D eigenvalue weighted by Crippen LogP contribution is 2.35. The topological polar surface area (TPSA) is 79.8 Å². The maximum Gasteiger partial charge on any atom is 0.313 e. The van der Waals surface area contributed by atoms with Crippen molar-refractivity contribution in [3.8, 4) is 11.3 Å². The summed E-state index contributed by atoms with van der Waals surface area (Å²) in [6.07, 6.45) is 3.39. The second-order valence-electron chi connectivity index (χ2n) is 8.73. The summed E-state index contributed by atoms with van der Waals surface area (Å²) >= 11 is 0. The normalized spacial score (nSPS) is 23.4. The van der Waals surface area contributed by atoms with E-state index in [0.29, 0.717) is 37.7 Å². The molecule has 5 heterocycles. The average molecular weight is 436 g/mol. The standard InChI is InChI=1S/C23H22FN5O3/c1-23-22(31)25-8-9-27(23)21(30)19-13-28-20(29(19)23)17(14-6-10-32-11-7-14)12-18(26-28)15-2-4-16(24)5-3-15/h2-5,12-14H,6-11H2,1H3/p+1. The maximum atomic E-state index is 13.5. The van der Waals surface area contributed by atoms with Gasteiger partial charge in [-0.25, -0.2) is 4.39 Å². The number of carbonyl (C=O) groups is 2. The summed E-state index contributed by atoms with van der Waals surface area (Å²) < 4.78 is 22.6. The van der Waals surface area contributed by atoms with Gasteiger partial charge in [0, 0.05) is 44.4 Å². The fraction of sp³-hybridized carbons (Fsp3) is 0.391. The number of aromatic nitrogens is 3. The molecule has 1 atom stereocenters. The summed E-state index contributed by atoms with van der Waals surface area (Å²) in [7, 11) is 0. The number of piperazine rings is 1. The zero-order valence-corrected chi connectivity index (χ0v) is 17.7.